The fourth-order valence-corrected chi connectivity index (χ4v) is 4.64. The molecule has 0 saturated heterocycles. The van der Waals surface area contributed by atoms with Gasteiger partial charge in [-0.3, -0.25) is 9.59 Å². The summed E-state index contributed by atoms with van der Waals surface area (Å²) >= 11 is 2.76. The fourth-order valence-electron chi connectivity index (χ4n) is 3.18. The van der Waals surface area contributed by atoms with E-state index in [4.69, 9.17) is 0 Å². The van der Waals surface area contributed by atoms with Crippen molar-refractivity contribution in [3.05, 3.63) is 69.9 Å². The Labute approximate surface area is 183 Å². The maximum atomic E-state index is 13.1. The molecule has 2 aliphatic rings. The van der Waals surface area contributed by atoms with Gasteiger partial charge in [0.2, 0.25) is 0 Å². The number of amidine groups is 1. The predicted molar refractivity (Wildman–Crippen MR) is 123 cm³/mol. The molecule has 1 aromatic heterocycles. The second kappa shape index (κ2) is 8.49. The van der Waals surface area contributed by atoms with E-state index >= 15 is 0 Å². The number of carbonyl (C=O) groups excluding carboxylic acids is 2. The van der Waals surface area contributed by atoms with Crippen LogP contribution in [0.2, 0.25) is 0 Å². The Morgan fingerprint density at radius 1 is 1.23 bits per heavy atom. The predicted octanol–water partition coefficient (Wildman–Crippen LogP) is 4.38. The summed E-state index contributed by atoms with van der Waals surface area (Å²) in [6.07, 6.45) is 0.663. The lowest BCUT2D eigenvalue weighted by atomic mass is 10.00. The number of thiophene rings is 1. The quantitative estimate of drug-likeness (QED) is 0.668. The van der Waals surface area contributed by atoms with Gasteiger partial charge >= 0.3 is 0 Å². The van der Waals surface area contributed by atoms with Crippen molar-refractivity contribution in [2.75, 3.05) is 5.75 Å². The number of amides is 2. The summed E-state index contributed by atoms with van der Waals surface area (Å²) in [6.45, 7) is 7.41. The monoisotopic (exact) mass is 436 g/mol. The van der Waals surface area contributed by atoms with Crippen LogP contribution in [0.25, 0.3) is 0 Å². The number of hydrazone groups is 1. The van der Waals surface area contributed by atoms with Crippen molar-refractivity contribution >= 4 is 51.5 Å². The summed E-state index contributed by atoms with van der Waals surface area (Å²) in [5.41, 5.74) is 3.93. The Morgan fingerprint density at radius 3 is 2.67 bits per heavy atom. The van der Waals surface area contributed by atoms with Crippen LogP contribution in [-0.2, 0) is 9.59 Å². The van der Waals surface area contributed by atoms with Crippen LogP contribution in [0.5, 0.6) is 0 Å². The van der Waals surface area contributed by atoms with E-state index in [2.05, 4.69) is 21.7 Å². The van der Waals surface area contributed by atoms with E-state index in [0.717, 1.165) is 27.9 Å². The van der Waals surface area contributed by atoms with Crippen LogP contribution in [-0.4, -0.2) is 39.2 Å². The number of aryl methyl sites for hydroxylation is 1. The van der Waals surface area contributed by atoms with E-state index in [1.54, 1.807) is 23.3 Å². The van der Waals surface area contributed by atoms with Crippen molar-refractivity contribution in [2.45, 2.75) is 26.3 Å². The average molecular weight is 437 g/mol. The molecule has 0 bridgehead atoms. The molecule has 1 aromatic carbocycles. The molecule has 1 unspecified atom stereocenters. The standard InChI is InChI=1S/C22H20N4O2S2/c1-13-6-8-16(9-7-13)18-11-17(19-5-4-10-29-19)25-26(18)20(27)12-30-22-23-15(3)14(2)21(28)24-22/h4-10,18H,2,11-12H2,1,3H3. The summed E-state index contributed by atoms with van der Waals surface area (Å²) in [6, 6.07) is 12.0. The molecule has 0 N–H and O–H groups in total. The second-order valence-electron chi connectivity index (χ2n) is 7.06. The van der Waals surface area contributed by atoms with Crippen LogP contribution in [0.4, 0.5) is 0 Å². The number of thioether (sulfide) groups is 1. The van der Waals surface area contributed by atoms with Gasteiger partial charge in [-0.15, -0.1) is 11.3 Å². The van der Waals surface area contributed by atoms with Crippen LogP contribution >= 0.6 is 23.1 Å². The first-order valence-corrected chi connectivity index (χ1v) is 11.3. The number of nitrogens with zero attached hydrogens (tertiary/aromatic N) is 4. The highest BCUT2D eigenvalue weighted by molar-refractivity contribution is 8.14. The van der Waals surface area contributed by atoms with Crippen LogP contribution < -0.4 is 0 Å². The first-order chi connectivity index (χ1) is 14.4. The normalized spacial score (nSPS) is 18.9. The molecule has 152 valence electrons. The molecule has 2 aromatic rings. The van der Waals surface area contributed by atoms with Gasteiger partial charge < -0.3 is 0 Å². The topological polar surface area (TPSA) is 74.5 Å². The van der Waals surface area contributed by atoms with Gasteiger partial charge in [0, 0.05) is 6.42 Å². The van der Waals surface area contributed by atoms with Crippen LogP contribution in [0, 0.1) is 6.92 Å². The minimum Gasteiger partial charge on any atom is -0.272 e. The van der Waals surface area contributed by atoms with Gasteiger partial charge in [-0.2, -0.15) is 10.1 Å². The number of hydrogen-bond donors (Lipinski definition) is 0. The zero-order chi connectivity index (χ0) is 21.3. The van der Waals surface area contributed by atoms with Gasteiger partial charge in [0.1, 0.15) is 0 Å². The molecule has 0 fully saturated rings. The summed E-state index contributed by atoms with van der Waals surface area (Å²) in [7, 11) is 0. The third-order valence-electron chi connectivity index (χ3n) is 4.91. The van der Waals surface area contributed by atoms with E-state index in [1.807, 2.05) is 48.7 Å². The molecule has 0 radical (unpaired) electrons. The van der Waals surface area contributed by atoms with Crippen molar-refractivity contribution in [3.63, 3.8) is 0 Å². The van der Waals surface area contributed by atoms with Crippen LogP contribution in [0.15, 0.2) is 69.0 Å². The molecule has 8 heteroatoms. The molecule has 30 heavy (non-hydrogen) atoms. The summed E-state index contributed by atoms with van der Waals surface area (Å²) < 4.78 is 0. The maximum Gasteiger partial charge on any atom is 0.280 e. The first kappa shape index (κ1) is 20.4. The first-order valence-electron chi connectivity index (χ1n) is 9.43. The Bertz CT molecular complexity index is 1100. The van der Waals surface area contributed by atoms with Gasteiger partial charge in [-0.05, 0) is 30.9 Å². The summed E-state index contributed by atoms with van der Waals surface area (Å²) in [5, 5.41) is 8.51. The highest BCUT2D eigenvalue weighted by Gasteiger charge is 2.33. The molecule has 0 spiro atoms. The number of carbonyl (C=O) groups is 2. The minimum atomic E-state index is -0.408. The maximum absolute atomic E-state index is 13.1. The Morgan fingerprint density at radius 2 is 2.00 bits per heavy atom. The Kier molecular flexibility index (Phi) is 5.78. The summed E-state index contributed by atoms with van der Waals surface area (Å²) in [5.74, 6) is -0.461. The fraction of sp³-hybridized carbons (Fsp3) is 0.227. The zero-order valence-electron chi connectivity index (χ0n) is 16.7. The molecule has 2 amide bonds. The number of aliphatic imine (C=N–C) groups is 2. The van der Waals surface area contributed by atoms with Crippen molar-refractivity contribution in [1.82, 2.24) is 5.01 Å². The van der Waals surface area contributed by atoms with Gasteiger partial charge in [0.15, 0.2) is 5.17 Å². The number of benzene rings is 1. The second-order valence-corrected chi connectivity index (χ2v) is 8.95. The largest absolute Gasteiger partial charge is 0.280 e. The highest BCUT2D eigenvalue weighted by atomic mass is 32.2. The number of hydrogen-bond acceptors (Lipinski definition) is 6. The third-order valence-corrected chi connectivity index (χ3v) is 6.66. The highest BCUT2D eigenvalue weighted by Crippen LogP contribution is 2.34. The Hall–Kier alpha value is -2.84. The van der Waals surface area contributed by atoms with Crippen LogP contribution in [0.1, 0.15) is 35.4 Å². The molecule has 3 heterocycles. The molecule has 1 atom stereocenters. The van der Waals surface area contributed by atoms with Gasteiger partial charge in [0.05, 0.1) is 33.7 Å². The van der Waals surface area contributed by atoms with E-state index in [9.17, 15) is 9.59 Å². The summed E-state index contributed by atoms with van der Waals surface area (Å²) in [4.78, 5) is 34.2. The lowest BCUT2D eigenvalue weighted by Crippen LogP contribution is -2.29. The van der Waals surface area contributed by atoms with Gasteiger partial charge in [0.25, 0.3) is 11.8 Å². The van der Waals surface area contributed by atoms with Crippen molar-refractivity contribution < 1.29 is 9.59 Å². The zero-order valence-corrected chi connectivity index (χ0v) is 18.3. The molecule has 0 saturated carbocycles. The van der Waals surface area contributed by atoms with Crippen LogP contribution in [0.3, 0.4) is 0 Å². The van der Waals surface area contributed by atoms with E-state index in [0.29, 0.717) is 12.1 Å². The van der Waals surface area contributed by atoms with E-state index in [-0.39, 0.29) is 28.4 Å². The SMILES string of the molecule is C=C1C(=O)N=C(SCC(=O)N2N=C(c3cccs3)CC2c2ccc(C)cc2)N=C1C. The molecule has 6 nitrogen and oxygen atoms in total. The average Bonchev–Trinajstić information content (AvgIpc) is 3.40. The molecule has 0 aliphatic carbocycles. The molecular weight excluding hydrogens is 416 g/mol. The third kappa shape index (κ3) is 4.20. The van der Waals surface area contributed by atoms with Gasteiger partial charge in [-0.25, -0.2) is 10.0 Å². The lowest BCUT2D eigenvalue weighted by molar-refractivity contribution is -0.130. The van der Waals surface area contributed by atoms with Crippen molar-refractivity contribution in [1.29, 1.82) is 0 Å². The Balaban J connectivity index is 1.54. The van der Waals surface area contributed by atoms with E-state index in [1.165, 1.54) is 5.56 Å². The molecule has 2 aliphatic heterocycles. The van der Waals surface area contributed by atoms with Crippen molar-refractivity contribution in [3.8, 4) is 0 Å². The number of rotatable bonds is 4. The lowest BCUT2D eigenvalue weighted by Gasteiger charge is -2.22. The minimum absolute atomic E-state index is 0.0962. The van der Waals surface area contributed by atoms with Gasteiger partial charge in [-0.1, -0.05) is 54.2 Å². The smallest absolute Gasteiger partial charge is 0.272 e. The van der Waals surface area contributed by atoms with Crippen molar-refractivity contribution in [2.24, 2.45) is 15.1 Å². The molecule has 4 rings (SSSR count). The molecular formula is C22H20N4O2S2. The van der Waals surface area contributed by atoms with E-state index < -0.39 is 5.91 Å².